The second-order valence-corrected chi connectivity index (χ2v) is 6.16. The van der Waals surface area contributed by atoms with Crippen molar-refractivity contribution in [3.63, 3.8) is 0 Å². The number of nitrogens with zero attached hydrogens (tertiary/aromatic N) is 3. The minimum Gasteiger partial charge on any atom is -0.297 e. The van der Waals surface area contributed by atoms with Crippen molar-refractivity contribution in [1.29, 1.82) is 0 Å². The van der Waals surface area contributed by atoms with E-state index in [0.717, 1.165) is 35.4 Å². The smallest absolute Gasteiger partial charge is 0.297 e. The molecule has 1 aliphatic heterocycles. The summed E-state index contributed by atoms with van der Waals surface area (Å²) in [6, 6.07) is 11.4. The molecule has 132 valence electrons. The van der Waals surface area contributed by atoms with Crippen LogP contribution < -0.4 is 4.90 Å². The molecule has 2 aromatic carbocycles. The lowest BCUT2D eigenvalue weighted by atomic mass is 10.0. The van der Waals surface area contributed by atoms with Crippen LogP contribution in [0.2, 0.25) is 0 Å². The van der Waals surface area contributed by atoms with Crippen molar-refractivity contribution in [2.75, 3.05) is 4.90 Å². The molecule has 1 aliphatic rings. The van der Waals surface area contributed by atoms with Crippen molar-refractivity contribution in [3.05, 3.63) is 77.2 Å². The molecule has 1 N–H and O–H groups in total. The molecule has 3 aromatic rings. The molecule has 7 heteroatoms. The molecule has 4 nitrogen and oxygen atoms in total. The van der Waals surface area contributed by atoms with Crippen molar-refractivity contribution in [2.24, 2.45) is 4.99 Å². The van der Waals surface area contributed by atoms with Crippen molar-refractivity contribution in [3.8, 4) is 0 Å². The molecular formula is C19H15F3N4. The van der Waals surface area contributed by atoms with Gasteiger partial charge in [-0.3, -0.25) is 15.0 Å². The molecule has 0 bridgehead atoms. The Morgan fingerprint density at radius 2 is 1.85 bits per heavy atom. The Morgan fingerprint density at radius 1 is 1.08 bits per heavy atom. The number of benzene rings is 2. The van der Waals surface area contributed by atoms with Gasteiger partial charge in [-0.05, 0) is 42.8 Å². The van der Waals surface area contributed by atoms with Gasteiger partial charge < -0.3 is 0 Å². The average molecular weight is 356 g/mol. The Balaban J connectivity index is 1.86. The number of fused-ring (bicyclic) bond motifs is 1. The largest absolute Gasteiger partial charge is 0.313 e. The van der Waals surface area contributed by atoms with E-state index >= 15 is 8.78 Å². The van der Waals surface area contributed by atoms with Crippen LogP contribution in [0.3, 0.4) is 0 Å². The Bertz CT molecular complexity index is 949. The van der Waals surface area contributed by atoms with Crippen LogP contribution in [0, 0.1) is 12.7 Å². The van der Waals surface area contributed by atoms with Gasteiger partial charge in [0, 0.05) is 23.4 Å². The van der Waals surface area contributed by atoms with Gasteiger partial charge >= 0.3 is 5.92 Å². The van der Waals surface area contributed by atoms with Gasteiger partial charge in [0.1, 0.15) is 11.6 Å². The highest BCUT2D eigenvalue weighted by Crippen LogP contribution is 2.43. The van der Waals surface area contributed by atoms with E-state index in [4.69, 9.17) is 0 Å². The molecule has 0 saturated carbocycles. The number of hydrogen-bond donors (Lipinski definition) is 1. The predicted octanol–water partition coefficient (Wildman–Crippen LogP) is 4.55. The van der Waals surface area contributed by atoms with E-state index < -0.39 is 17.9 Å². The van der Waals surface area contributed by atoms with E-state index in [1.807, 2.05) is 25.1 Å². The fraction of sp³-hybridized carbons (Fsp3) is 0.158. The lowest BCUT2D eigenvalue weighted by Crippen LogP contribution is -2.45. The van der Waals surface area contributed by atoms with E-state index in [0.29, 0.717) is 11.5 Å². The second kappa shape index (κ2) is 6.01. The SMILES string of the molecule is Cc1ccc2c(c1)N(c1ccn[nH]1)C(C(F)(F)c1ccc(F)cc1)N=C2. The van der Waals surface area contributed by atoms with Crippen LogP contribution in [0.15, 0.2) is 59.7 Å². The van der Waals surface area contributed by atoms with Gasteiger partial charge in [-0.15, -0.1) is 0 Å². The van der Waals surface area contributed by atoms with Gasteiger partial charge in [0.15, 0.2) is 6.17 Å². The highest BCUT2D eigenvalue weighted by atomic mass is 19.3. The molecule has 2 heterocycles. The predicted molar refractivity (Wildman–Crippen MR) is 93.6 cm³/mol. The van der Waals surface area contributed by atoms with Crippen LogP contribution in [-0.4, -0.2) is 22.6 Å². The highest BCUT2D eigenvalue weighted by molar-refractivity contribution is 5.92. The molecular weight excluding hydrogens is 341 g/mol. The fourth-order valence-electron chi connectivity index (χ4n) is 3.04. The minimum atomic E-state index is -3.35. The summed E-state index contributed by atoms with van der Waals surface area (Å²) in [5.41, 5.74) is 1.97. The van der Waals surface area contributed by atoms with Gasteiger partial charge in [-0.25, -0.2) is 4.39 Å². The number of aryl methyl sites for hydroxylation is 1. The number of hydrogen-bond acceptors (Lipinski definition) is 3. The standard InChI is InChI=1S/C19H15F3N4/c1-12-2-3-13-11-23-18(19(21,22)14-4-6-15(20)7-5-14)26(16(13)10-12)17-8-9-24-25-17/h2-11,18H,1H3,(H,24,25). The van der Waals surface area contributed by atoms with Crippen LogP contribution in [0.4, 0.5) is 24.7 Å². The van der Waals surface area contributed by atoms with Gasteiger partial charge in [-0.1, -0.05) is 12.1 Å². The van der Waals surface area contributed by atoms with Crippen LogP contribution in [0.25, 0.3) is 0 Å². The monoisotopic (exact) mass is 356 g/mol. The van der Waals surface area contributed by atoms with E-state index in [-0.39, 0.29) is 5.56 Å². The molecule has 0 aliphatic carbocycles. The summed E-state index contributed by atoms with van der Waals surface area (Å²) >= 11 is 0. The zero-order chi connectivity index (χ0) is 18.3. The molecule has 0 amide bonds. The Labute approximate surface area is 148 Å². The molecule has 0 saturated heterocycles. The third kappa shape index (κ3) is 2.65. The Hall–Kier alpha value is -3.09. The zero-order valence-corrected chi connectivity index (χ0v) is 13.8. The number of nitrogens with one attached hydrogen (secondary N) is 1. The molecule has 26 heavy (non-hydrogen) atoms. The highest BCUT2D eigenvalue weighted by Gasteiger charge is 2.47. The lowest BCUT2D eigenvalue weighted by molar-refractivity contribution is -0.0286. The summed E-state index contributed by atoms with van der Waals surface area (Å²) in [4.78, 5) is 5.55. The maximum absolute atomic E-state index is 15.3. The summed E-state index contributed by atoms with van der Waals surface area (Å²) in [5.74, 6) is -3.51. The second-order valence-electron chi connectivity index (χ2n) is 6.16. The van der Waals surface area contributed by atoms with Crippen molar-refractivity contribution in [2.45, 2.75) is 19.0 Å². The summed E-state index contributed by atoms with van der Waals surface area (Å²) in [7, 11) is 0. The molecule has 1 atom stereocenters. The van der Waals surface area contributed by atoms with E-state index in [1.54, 1.807) is 6.07 Å². The minimum absolute atomic E-state index is 0.304. The number of H-pyrrole nitrogens is 1. The van der Waals surface area contributed by atoms with Crippen LogP contribution >= 0.6 is 0 Å². The molecule has 1 unspecified atom stereocenters. The first-order valence-corrected chi connectivity index (χ1v) is 8.03. The van der Waals surface area contributed by atoms with Gasteiger partial charge in [0.05, 0.1) is 11.9 Å². The average Bonchev–Trinajstić information content (AvgIpc) is 3.15. The summed E-state index contributed by atoms with van der Waals surface area (Å²) in [5, 5.41) is 6.62. The van der Waals surface area contributed by atoms with Crippen LogP contribution in [-0.2, 0) is 5.92 Å². The number of anilines is 2. The number of halogens is 3. The molecule has 1 aromatic heterocycles. The van der Waals surface area contributed by atoms with Crippen molar-refractivity contribution in [1.82, 2.24) is 10.2 Å². The maximum Gasteiger partial charge on any atom is 0.313 e. The first kappa shape index (κ1) is 16.4. The first-order chi connectivity index (χ1) is 12.5. The molecule has 0 radical (unpaired) electrons. The number of rotatable bonds is 3. The topological polar surface area (TPSA) is 44.3 Å². The van der Waals surface area contributed by atoms with Gasteiger partial charge in [0.25, 0.3) is 0 Å². The van der Waals surface area contributed by atoms with Gasteiger partial charge in [0.2, 0.25) is 0 Å². The van der Waals surface area contributed by atoms with Crippen molar-refractivity contribution < 1.29 is 13.2 Å². The quantitative estimate of drug-likeness (QED) is 0.748. The molecule has 0 spiro atoms. The van der Waals surface area contributed by atoms with Gasteiger partial charge in [-0.2, -0.15) is 13.9 Å². The Kier molecular flexibility index (Phi) is 3.79. The third-order valence-corrected chi connectivity index (χ3v) is 4.34. The number of alkyl halides is 2. The Morgan fingerprint density at radius 3 is 2.54 bits per heavy atom. The first-order valence-electron chi connectivity index (χ1n) is 8.03. The number of aromatic amines is 1. The summed E-state index contributed by atoms with van der Waals surface area (Å²) in [6.45, 7) is 1.89. The fourth-order valence-corrected chi connectivity index (χ4v) is 3.04. The zero-order valence-electron chi connectivity index (χ0n) is 13.8. The maximum atomic E-state index is 15.3. The molecule has 0 fully saturated rings. The summed E-state index contributed by atoms with van der Waals surface area (Å²) < 4.78 is 43.8. The molecule has 4 rings (SSSR count). The number of aliphatic imine (C=N–C) groups is 1. The lowest BCUT2D eigenvalue weighted by Gasteiger charge is -2.38. The summed E-state index contributed by atoms with van der Waals surface area (Å²) in [6.07, 6.45) is 1.42. The normalized spacial score (nSPS) is 16.6. The van der Waals surface area contributed by atoms with E-state index in [1.165, 1.54) is 17.3 Å². The van der Waals surface area contributed by atoms with Crippen molar-refractivity contribution >= 4 is 17.7 Å². The third-order valence-electron chi connectivity index (χ3n) is 4.34. The van der Waals surface area contributed by atoms with Crippen LogP contribution in [0.1, 0.15) is 16.7 Å². The van der Waals surface area contributed by atoms with Crippen LogP contribution in [0.5, 0.6) is 0 Å². The van der Waals surface area contributed by atoms with E-state index in [2.05, 4.69) is 15.2 Å². The van der Waals surface area contributed by atoms with E-state index in [9.17, 15) is 4.39 Å². The number of aromatic nitrogens is 2.